The fourth-order valence-corrected chi connectivity index (χ4v) is 5.40. The maximum atomic E-state index is 6.23. The zero-order chi connectivity index (χ0) is 22.2. The predicted octanol–water partition coefficient (Wildman–Crippen LogP) is 7.56. The molecule has 0 aliphatic heterocycles. The van der Waals surface area contributed by atoms with Crippen LogP contribution in [-0.4, -0.2) is 23.1 Å². The van der Waals surface area contributed by atoms with E-state index in [0.29, 0.717) is 10.8 Å². The van der Waals surface area contributed by atoms with Crippen LogP contribution in [0.5, 0.6) is 0 Å². The number of hydrogen-bond donors (Lipinski definition) is 2. The number of benzene rings is 1. The van der Waals surface area contributed by atoms with Gasteiger partial charge in [-0.1, -0.05) is 36.9 Å². The standard InChI is InChI=1S/C25H27ClN4S2/c26-18-8-11-20-21(17-18)29-24(30-25(20)28-15-5-3-1-2-4-14-27)13-10-19-9-12-23(32-19)22-7-6-16-31-22/h6-13,16-17H,1-5,14-15,27H2,(H,28,29,30). The number of nitrogens with two attached hydrogens (primary N) is 1. The molecule has 166 valence electrons. The van der Waals surface area contributed by atoms with Crippen molar-refractivity contribution in [2.45, 2.75) is 32.1 Å². The van der Waals surface area contributed by atoms with Crippen LogP contribution in [0, 0.1) is 0 Å². The van der Waals surface area contributed by atoms with E-state index in [1.165, 1.54) is 33.9 Å². The summed E-state index contributed by atoms with van der Waals surface area (Å²) >= 11 is 9.76. The SMILES string of the molecule is NCCCCCCCNc1nc(C=Cc2ccc(-c3cccs3)s2)nc2cc(Cl)ccc12. The second kappa shape index (κ2) is 11.6. The van der Waals surface area contributed by atoms with Crippen molar-refractivity contribution in [1.82, 2.24) is 9.97 Å². The summed E-state index contributed by atoms with van der Waals surface area (Å²) < 4.78 is 0. The van der Waals surface area contributed by atoms with Crippen molar-refractivity contribution in [3.8, 4) is 9.75 Å². The minimum absolute atomic E-state index is 0.677. The van der Waals surface area contributed by atoms with Crippen molar-refractivity contribution >= 4 is 63.1 Å². The second-order valence-electron chi connectivity index (χ2n) is 7.59. The Morgan fingerprint density at radius 3 is 2.66 bits per heavy atom. The highest BCUT2D eigenvalue weighted by Crippen LogP contribution is 2.32. The first-order valence-electron chi connectivity index (χ1n) is 11.0. The lowest BCUT2D eigenvalue weighted by atomic mass is 10.1. The fraction of sp³-hybridized carbons (Fsp3) is 0.280. The number of rotatable bonds is 11. The molecule has 4 rings (SSSR count). The van der Waals surface area contributed by atoms with E-state index in [4.69, 9.17) is 27.3 Å². The van der Waals surface area contributed by atoms with Gasteiger partial charge >= 0.3 is 0 Å². The number of hydrogen-bond acceptors (Lipinski definition) is 6. The van der Waals surface area contributed by atoms with Crippen LogP contribution in [0.3, 0.4) is 0 Å². The first-order valence-corrected chi connectivity index (χ1v) is 13.0. The first-order chi connectivity index (χ1) is 15.7. The van der Waals surface area contributed by atoms with Crippen molar-refractivity contribution in [3.05, 3.63) is 63.6 Å². The molecule has 3 heterocycles. The van der Waals surface area contributed by atoms with Crippen molar-refractivity contribution < 1.29 is 0 Å². The van der Waals surface area contributed by atoms with Gasteiger partial charge in [0.05, 0.1) is 5.52 Å². The molecule has 0 amide bonds. The van der Waals surface area contributed by atoms with Gasteiger partial charge in [-0.05, 0) is 73.3 Å². The number of halogens is 1. The first kappa shape index (κ1) is 22.9. The van der Waals surface area contributed by atoms with Gasteiger partial charge in [-0.15, -0.1) is 22.7 Å². The third-order valence-electron chi connectivity index (χ3n) is 5.14. The second-order valence-corrected chi connectivity index (χ2v) is 10.1. The highest BCUT2D eigenvalue weighted by atomic mass is 35.5. The molecule has 0 aliphatic rings. The molecule has 0 fully saturated rings. The lowest BCUT2D eigenvalue weighted by Crippen LogP contribution is -2.06. The highest BCUT2D eigenvalue weighted by molar-refractivity contribution is 7.21. The minimum atomic E-state index is 0.677. The molecule has 4 aromatic rings. The fourth-order valence-electron chi connectivity index (χ4n) is 3.49. The Morgan fingerprint density at radius 1 is 0.938 bits per heavy atom. The smallest absolute Gasteiger partial charge is 0.155 e. The predicted molar refractivity (Wildman–Crippen MR) is 142 cm³/mol. The molecule has 0 saturated heterocycles. The van der Waals surface area contributed by atoms with Gasteiger partial charge < -0.3 is 11.1 Å². The number of fused-ring (bicyclic) bond motifs is 1. The van der Waals surface area contributed by atoms with Gasteiger partial charge in [0.1, 0.15) is 5.82 Å². The van der Waals surface area contributed by atoms with E-state index in [1.807, 2.05) is 24.3 Å². The molecule has 0 radical (unpaired) electrons. The molecule has 3 aromatic heterocycles. The molecule has 7 heteroatoms. The minimum Gasteiger partial charge on any atom is -0.369 e. The molecule has 0 aliphatic carbocycles. The summed E-state index contributed by atoms with van der Waals surface area (Å²) in [5.41, 5.74) is 6.42. The maximum absolute atomic E-state index is 6.23. The summed E-state index contributed by atoms with van der Waals surface area (Å²) in [6.07, 6.45) is 9.89. The van der Waals surface area contributed by atoms with Gasteiger partial charge in [0.2, 0.25) is 0 Å². The summed E-state index contributed by atoms with van der Waals surface area (Å²) in [5, 5.41) is 7.28. The van der Waals surface area contributed by atoms with Crippen LogP contribution in [0.1, 0.15) is 42.8 Å². The third kappa shape index (κ3) is 6.17. The van der Waals surface area contributed by atoms with Crippen LogP contribution in [0.2, 0.25) is 5.02 Å². The van der Waals surface area contributed by atoms with E-state index in [9.17, 15) is 0 Å². The lowest BCUT2D eigenvalue weighted by Gasteiger charge is -2.10. The van der Waals surface area contributed by atoms with E-state index in [-0.39, 0.29) is 0 Å². The number of anilines is 1. The van der Waals surface area contributed by atoms with Crippen LogP contribution < -0.4 is 11.1 Å². The zero-order valence-corrected chi connectivity index (χ0v) is 20.3. The summed E-state index contributed by atoms with van der Waals surface area (Å²) in [6, 6.07) is 14.3. The van der Waals surface area contributed by atoms with Gasteiger partial charge in [-0.2, -0.15) is 0 Å². The van der Waals surface area contributed by atoms with Crippen LogP contribution in [0.15, 0.2) is 47.8 Å². The van der Waals surface area contributed by atoms with Crippen molar-refractivity contribution in [1.29, 1.82) is 0 Å². The number of nitrogens with zero attached hydrogens (tertiary/aromatic N) is 2. The number of aromatic nitrogens is 2. The molecule has 0 unspecified atom stereocenters. The van der Waals surface area contributed by atoms with Gasteiger partial charge in [0.15, 0.2) is 5.82 Å². The third-order valence-corrected chi connectivity index (χ3v) is 7.49. The normalized spacial score (nSPS) is 11.6. The molecule has 3 N–H and O–H groups in total. The monoisotopic (exact) mass is 482 g/mol. The molecule has 4 nitrogen and oxygen atoms in total. The Balaban J connectivity index is 1.48. The number of thiophene rings is 2. The Hall–Kier alpha value is -2.25. The van der Waals surface area contributed by atoms with Gasteiger partial charge in [-0.25, -0.2) is 9.97 Å². The Morgan fingerprint density at radius 2 is 1.81 bits per heavy atom. The zero-order valence-electron chi connectivity index (χ0n) is 17.9. The molecule has 0 spiro atoms. The van der Waals surface area contributed by atoms with E-state index in [0.717, 1.165) is 42.7 Å². The average molecular weight is 483 g/mol. The van der Waals surface area contributed by atoms with Crippen LogP contribution >= 0.6 is 34.3 Å². The lowest BCUT2D eigenvalue weighted by molar-refractivity contribution is 0.629. The Kier molecular flexibility index (Phi) is 8.29. The summed E-state index contributed by atoms with van der Waals surface area (Å²) in [5.74, 6) is 1.54. The molecule has 0 saturated carbocycles. The summed E-state index contributed by atoms with van der Waals surface area (Å²) in [7, 11) is 0. The van der Waals surface area contributed by atoms with Gasteiger partial charge in [0, 0.05) is 31.6 Å². The van der Waals surface area contributed by atoms with E-state index in [2.05, 4.69) is 41.0 Å². The molecule has 1 aromatic carbocycles. The Labute approximate surface area is 202 Å². The van der Waals surface area contributed by atoms with Crippen molar-refractivity contribution in [2.75, 3.05) is 18.4 Å². The van der Waals surface area contributed by atoms with Gasteiger partial charge in [-0.3, -0.25) is 0 Å². The van der Waals surface area contributed by atoms with Crippen molar-refractivity contribution in [3.63, 3.8) is 0 Å². The van der Waals surface area contributed by atoms with E-state index in [1.54, 1.807) is 22.7 Å². The molecule has 0 bridgehead atoms. The summed E-state index contributed by atoms with van der Waals surface area (Å²) in [4.78, 5) is 13.3. The van der Waals surface area contributed by atoms with Crippen LogP contribution in [0.25, 0.3) is 32.8 Å². The molecular formula is C25H27ClN4S2. The highest BCUT2D eigenvalue weighted by Gasteiger charge is 2.08. The van der Waals surface area contributed by atoms with Gasteiger partial charge in [0.25, 0.3) is 0 Å². The average Bonchev–Trinajstić information content (AvgIpc) is 3.48. The number of nitrogens with one attached hydrogen (secondary N) is 1. The molecule has 0 atom stereocenters. The van der Waals surface area contributed by atoms with E-state index >= 15 is 0 Å². The van der Waals surface area contributed by atoms with E-state index < -0.39 is 0 Å². The Bertz CT molecular complexity index is 1170. The van der Waals surface area contributed by atoms with Crippen LogP contribution in [0.4, 0.5) is 5.82 Å². The van der Waals surface area contributed by atoms with Crippen molar-refractivity contribution in [2.24, 2.45) is 5.73 Å². The summed E-state index contributed by atoms with van der Waals surface area (Å²) in [6.45, 7) is 1.67. The van der Waals surface area contributed by atoms with Crippen LogP contribution in [-0.2, 0) is 0 Å². The largest absolute Gasteiger partial charge is 0.369 e. The quantitative estimate of drug-likeness (QED) is 0.216. The number of unbranched alkanes of at least 4 members (excludes halogenated alkanes) is 4. The maximum Gasteiger partial charge on any atom is 0.155 e. The topological polar surface area (TPSA) is 63.8 Å². The molecule has 32 heavy (non-hydrogen) atoms. The molecular weight excluding hydrogens is 456 g/mol.